The van der Waals surface area contributed by atoms with Crippen LogP contribution in [0.25, 0.3) is 6.08 Å². The van der Waals surface area contributed by atoms with Crippen LogP contribution in [0.2, 0.25) is 0 Å². The molecule has 0 N–H and O–H groups in total. The first-order chi connectivity index (χ1) is 19.0. The third-order valence-corrected chi connectivity index (χ3v) is 6.63. The van der Waals surface area contributed by atoms with Crippen LogP contribution in [-0.2, 0) is 47.7 Å². The van der Waals surface area contributed by atoms with E-state index >= 15 is 0 Å². The molecule has 0 bridgehead atoms. The summed E-state index contributed by atoms with van der Waals surface area (Å²) in [7, 11) is 0. The van der Waals surface area contributed by atoms with Gasteiger partial charge in [0.25, 0.3) is 5.91 Å². The molecule has 1 amide bonds. The van der Waals surface area contributed by atoms with Crippen LogP contribution < -0.4 is 0 Å². The largest absolute Gasteiger partial charge is 0.463 e. The van der Waals surface area contributed by atoms with Gasteiger partial charge in [0.2, 0.25) is 0 Å². The zero-order chi connectivity index (χ0) is 29.4. The zero-order valence-electron chi connectivity index (χ0n) is 22.4. The number of rotatable bonds is 9. The van der Waals surface area contributed by atoms with E-state index in [-0.39, 0.29) is 24.0 Å². The van der Waals surface area contributed by atoms with Gasteiger partial charge >= 0.3 is 23.9 Å². The monoisotopic (exact) mass is 574 g/mol. The van der Waals surface area contributed by atoms with Crippen LogP contribution in [-0.4, -0.2) is 82.9 Å². The molecule has 5 unspecified atom stereocenters. The first kappa shape index (κ1) is 30.6. The SMILES string of the molecule is C=CCN1C(=O)/C(=C/c2ccccc2)N=C1SC1OC(COC(C)=O)C(OC(C)=O)C(OC(C)=O)C1OC(C)=O. The number of benzene rings is 1. The number of nitrogens with zero attached hydrogens (tertiary/aromatic N) is 2. The molecule has 2 aliphatic heterocycles. The lowest BCUT2D eigenvalue weighted by molar-refractivity contribution is -0.237. The summed E-state index contributed by atoms with van der Waals surface area (Å²) in [6, 6.07) is 9.13. The summed E-state index contributed by atoms with van der Waals surface area (Å²) in [4.78, 5) is 66.7. The van der Waals surface area contributed by atoms with Gasteiger partial charge in [-0.05, 0) is 11.6 Å². The third-order valence-electron chi connectivity index (χ3n) is 5.50. The highest BCUT2D eigenvalue weighted by molar-refractivity contribution is 8.14. The molecular formula is C27H30N2O10S. The molecule has 2 aliphatic rings. The Morgan fingerprint density at radius 1 is 0.950 bits per heavy atom. The highest BCUT2D eigenvalue weighted by Gasteiger charge is 2.53. The van der Waals surface area contributed by atoms with Crippen molar-refractivity contribution in [2.45, 2.75) is 57.5 Å². The Kier molecular flexibility index (Phi) is 10.6. The number of carbonyl (C=O) groups is 5. The first-order valence-corrected chi connectivity index (χ1v) is 13.1. The average Bonchev–Trinajstić information content (AvgIpc) is 3.15. The Bertz CT molecular complexity index is 1210. The quantitative estimate of drug-likeness (QED) is 0.185. The maximum absolute atomic E-state index is 13.2. The topological polar surface area (TPSA) is 147 Å². The van der Waals surface area contributed by atoms with Crippen LogP contribution in [0.4, 0.5) is 0 Å². The number of carbonyl (C=O) groups excluding carboxylic acids is 5. The molecule has 1 aromatic rings. The minimum atomic E-state index is -1.33. The molecule has 12 nitrogen and oxygen atoms in total. The number of hydrogen-bond donors (Lipinski definition) is 0. The van der Waals surface area contributed by atoms with Gasteiger partial charge in [0.15, 0.2) is 28.9 Å². The summed E-state index contributed by atoms with van der Waals surface area (Å²) in [5, 5.41) is 0.202. The van der Waals surface area contributed by atoms with E-state index in [9.17, 15) is 24.0 Å². The number of esters is 4. The highest BCUT2D eigenvalue weighted by atomic mass is 32.2. The van der Waals surface area contributed by atoms with Crippen LogP contribution in [0.1, 0.15) is 33.3 Å². The molecule has 0 spiro atoms. The smallest absolute Gasteiger partial charge is 0.303 e. The first-order valence-electron chi connectivity index (χ1n) is 12.3. The van der Waals surface area contributed by atoms with Gasteiger partial charge in [-0.25, -0.2) is 4.99 Å². The molecule has 1 aromatic carbocycles. The molecule has 3 rings (SSSR count). The lowest BCUT2D eigenvalue weighted by atomic mass is 9.99. The molecule has 0 aromatic heterocycles. The highest BCUT2D eigenvalue weighted by Crippen LogP contribution is 2.37. The lowest BCUT2D eigenvalue weighted by Crippen LogP contribution is -2.61. The van der Waals surface area contributed by atoms with Crippen LogP contribution in [0.15, 0.2) is 53.7 Å². The van der Waals surface area contributed by atoms with Crippen LogP contribution in [0, 0.1) is 0 Å². The van der Waals surface area contributed by atoms with E-state index < -0.39 is 59.6 Å². The van der Waals surface area contributed by atoms with Gasteiger partial charge in [0.05, 0.1) is 0 Å². The van der Waals surface area contributed by atoms with Gasteiger partial charge < -0.3 is 23.7 Å². The molecule has 5 atom stereocenters. The standard InChI is InChI=1S/C27H30N2O10S/c1-6-12-29-25(34)20(13-19-10-8-7-9-11-19)28-27(29)40-26-24(38-18(5)33)23(37-17(4)32)22(36-16(3)31)21(39-26)14-35-15(2)30/h6-11,13,21-24,26H,1,12,14H2,2-5H3/b20-13-. The molecule has 0 saturated carbocycles. The second kappa shape index (κ2) is 13.9. The minimum Gasteiger partial charge on any atom is -0.463 e. The van der Waals surface area contributed by atoms with Gasteiger partial charge in [0.1, 0.15) is 18.4 Å². The Morgan fingerprint density at radius 3 is 2.12 bits per heavy atom. The Hall–Kier alpha value is -3.97. The lowest BCUT2D eigenvalue weighted by Gasteiger charge is -2.44. The average molecular weight is 575 g/mol. The van der Waals surface area contributed by atoms with Crippen molar-refractivity contribution in [3.63, 3.8) is 0 Å². The summed E-state index contributed by atoms with van der Waals surface area (Å²) in [6.45, 7) is 8.07. The van der Waals surface area contributed by atoms with Crippen LogP contribution >= 0.6 is 11.8 Å². The summed E-state index contributed by atoms with van der Waals surface area (Å²) < 4.78 is 27.6. The van der Waals surface area contributed by atoms with E-state index in [0.717, 1.165) is 38.1 Å². The number of thioether (sulfide) groups is 1. The van der Waals surface area contributed by atoms with Crippen molar-refractivity contribution >= 4 is 52.8 Å². The number of aliphatic imine (C=N–C) groups is 1. The molecule has 0 aliphatic carbocycles. The Labute approximate surface area is 235 Å². The zero-order valence-corrected chi connectivity index (χ0v) is 23.3. The van der Waals surface area contributed by atoms with E-state index in [2.05, 4.69) is 11.6 Å². The number of hydrogen-bond acceptors (Lipinski definition) is 12. The van der Waals surface area contributed by atoms with Crippen molar-refractivity contribution in [1.82, 2.24) is 4.90 Å². The molecule has 0 radical (unpaired) electrons. The van der Waals surface area contributed by atoms with E-state index in [0.29, 0.717) is 0 Å². The Morgan fingerprint density at radius 2 is 1.55 bits per heavy atom. The molecule has 13 heteroatoms. The van der Waals surface area contributed by atoms with Gasteiger partial charge in [-0.3, -0.25) is 28.9 Å². The summed E-state index contributed by atoms with van der Waals surface area (Å²) in [6.07, 6.45) is -1.89. The van der Waals surface area contributed by atoms with Gasteiger partial charge in [-0.2, -0.15) is 0 Å². The molecule has 2 heterocycles. The van der Waals surface area contributed by atoms with Gasteiger partial charge in [-0.1, -0.05) is 48.2 Å². The predicted octanol–water partition coefficient (Wildman–Crippen LogP) is 2.23. The Balaban J connectivity index is 2.03. The van der Waals surface area contributed by atoms with Crippen molar-refractivity contribution < 1.29 is 47.7 Å². The summed E-state index contributed by atoms with van der Waals surface area (Å²) in [5.41, 5.74) is -0.219. The minimum absolute atomic E-state index is 0.113. The van der Waals surface area contributed by atoms with E-state index in [1.54, 1.807) is 6.08 Å². The van der Waals surface area contributed by atoms with Crippen molar-refractivity contribution in [3.05, 3.63) is 54.2 Å². The fraction of sp³-hybridized carbons (Fsp3) is 0.407. The summed E-state index contributed by atoms with van der Waals surface area (Å²) in [5.74, 6) is -3.22. The summed E-state index contributed by atoms with van der Waals surface area (Å²) >= 11 is 0.929. The second-order valence-corrected chi connectivity index (χ2v) is 9.79. The molecule has 40 heavy (non-hydrogen) atoms. The van der Waals surface area contributed by atoms with Gasteiger partial charge in [0, 0.05) is 34.2 Å². The maximum atomic E-state index is 13.2. The van der Waals surface area contributed by atoms with Crippen molar-refractivity contribution in [3.8, 4) is 0 Å². The van der Waals surface area contributed by atoms with Gasteiger partial charge in [-0.15, -0.1) is 6.58 Å². The fourth-order valence-corrected chi connectivity index (χ4v) is 5.19. The molecule has 1 saturated heterocycles. The van der Waals surface area contributed by atoms with E-state index in [1.165, 1.54) is 17.9 Å². The molecule has 1 fully saturated rings. The van der Waals surface area contributed by atoms with Crippen molar-refractivity contribution in [2.24, 2.45) is 4.99 Å². The number of amides is 1. The predicted molar refractivity (Wildman–Crippen MR) is 143 cm³/mol. The fourth-order valence-electron chi connectivity index (χ4n) is 4.01. The van der Waals surface area contributed by atoms with Crippen LogP contribution in [0.5, 0.6) is 0 Å². The molecular weight excluding hydrogens is 544 g/mol. The third kappa shape index (κ3) is 8.02. The number of ether oxygens (including phenoxy) is 5. The van der Waals surface area contributed by atoms with Crippen molar-refractivity contribution in [1.29, 1.82) is 0 Å². The van der Waals surface area contributed by atoms with Crippen LogP contribution in [0.3, 0.4) is 0 Å². The maximum Gasteiger partial charge on any atom is 0.303 e. The van der Waals surface area contributed by atoms with E-state index in [1.807, 2.05) is 30.3 Å². The second-order valence-electron chi connectivity index (χ2n) is 8.72. The molecule has 214 valence electrons. The normalized spacial score (nSPS) is 25.1. The van der Waals surface area contributed by atoms with E-state index in [4.69, 9.17) is 23.7 Å². The number of amidine groups is 1. The van der Waals surface area contributed by atoms with Crippen molar-refractivity contribution in [2.75, 3.05) is 13.2 Å².